The van der Waals surface area contributed by atoms with Gasteiger partial charge >= 0.3 is 5.97 Å². The lowest BCUT2D eigenvalue weighted by molar-refractivity contribution is -0.147. The van der Waals surface area contributed by atoms with Crippen molar-refractivity contribution >= 4 is 11.9 Å². The van der Waals surface area contributed by atoms with E-state index >= 15 is 0 Å². The van der Waals surface area contributed by atoms with Gasteiger partial charge in [-0.2, -0.15) is 0 Å². The van der Waals surface area contributed by atoms with Crippen molar-refractivity contribution < 1.29 is 19.4 Å². The highest BCUT2D eigenvalue weighted by Gasteiger charge is 2.29. The van der Waals surface area contributed by atoms with Crippen LogP contribution in [0, 0.1) is 5.92 Å². The third-order valence-corrected chi connectivity index (χ3v) is 3.56. The average Bonchev–Trinajstić information content (AvgIpc) is 2.47. The van der Waals surface area contributed by atoms with Crippen LogP contribution in [-0.4, -0.2) is 41.1 Å². The van der Waals surface area contributed by atoms with Crippen LogP contribution in [0.1, 0.15) is 19.8 Å². The lowest BCUT2D eigenvalue weighted by atomic mass is 9.97. The fraction of sp³-hybridized carbons (Fsp3) is 0.467. The van der Waals surface area contributed by atoms with Crippen LogP contribution in [0.25, 0.3) is 0 Å². The van der Waals surface area contributed by atoms with Crippen LogP contribution >= 0.6 is 0 Å². The molecule has 5 nitrogen and oxygen atoms in total. The first-order valence-electron chi connectivity index (χ1n) is 6.81. The summed E-state index contributed by atoms with van der Waals surface area (Å²) in [7, 11) is 0. The summed E-state index contributed by atoms with van der Waals surface area (Å²) in [4.78, 5) is 24.8. The van der Waals surface area contributed by atoms with Gasteiger partial charge in [0.2, 0.25) is 0 Å². The molecule has 0 aliphatic carbocycles. The summed E-state index contributed by atoms with van der Waals surface area (Å²) in [6, 6.07) is 9.20. The van der Waals surface area contributed by atoms with Gasteiger partial charge in [0.25, 0.3) is 5.91 Å². The molecule has 0 radical (unpaired) electrons. The van der Waals surface area contributed by atoms with E-state index in [0.29, 0.717) is 31.7 Å². The molecule has 2 rings (SSSR count). The minimum atomic E-state index is -0.773. The Morgan fingerprint density at radius 3 is 2.40 bits per heavy atom. The number of hydrogen-bond acceptors (Lipinski definition) is 3. The van der Waals surface area contributed by atoms with E-state index in [0.717, 1.165) is 0 Å². The summed E-state index contributed by atoms with van der Waals surface area (Å²) in [5.74, 6) is -0.526. The van der Waals surface area contributed by atoms with E-state index in [-0.39, 0.29) is 11.8 Å². The molecule has 1 saturated heterocycles. The van der Waals surface area contributed by atoms with Crippen molar-refractivity contribution in [2.45, 2.75) is 25.9 Å². The van der Waals surface area contributed by atoms with Crippen molar-refractivity contribution in [2.75, 3.05) is 13.1 Å². The summed E-state index contributed by atoms with van der Waals surface area (Å²) in [6.45, 7) is 2.69. The van der Waals surface area contributed by atoms with Gasteiger partial charge in [0.1, 0.15) is 5.75 Å². The number of amides is 1. The molecule has 1 fully saturated rings. The number of benzene rings is 1. The quantitative estimate of drug-likeness (QED) is 0.911. The number of piperidine rings is 1. The molecule has 1 heterocycles. The van der Waals surface area contributed by atoms with E-state index in [4.69, 9.17) is 9.84 Å². The zero-order valence-corrected chi connectivity index (χ0v) is 11.5. The summed E-state index contributed by atoms with van der Waals surface area (Å²) < 4.78 is 5.60. The van der Waals surface area contributed by atoms with Gasteiger partial charge in [0, 0.05) is 13.1 Å². The summed E-state index contributed by atoms with van der Waals surface area (Å²) in [6.07, 6.45) is 0.469. The number of rotatable bonds is 4. The van der Waals surface area contributed by atoms with E-state index in [1.54, 1.807) is 24.0 Å². The average molecular weight is 277 g/mol. The molecule has 1 atom stereocenters. The van der Waals surface area contributed by atoms with Gasteiger partial charge < -0.3 is 14.7 Å². The Labute approximate surface area is 118 Å². The molecule has 108 valence electrons. The molecule has 0 saturated carbocycles. The van der Waals surface area contributed by atoms with E-state index in [2.05, 4.69) is 0 Å². The number of carbonyl (C=O) groups excluding carboxylic acids is 1. The highest BCUT2D eigenvalue weighted by Crippen LogP contribution is 2.19. The summed E-state index contributed by atoms with van der Waals surface area (Å²) in [5.41, 5.74) is 0. The highest BCUT2D eigenvalue weighted by atomic mass is 16.5. The van der Waals surface area contributed by atoms with E-state index in [1.807, 2.05) is 18.2 Å². The Morgan fingerprint density at radius 1 is 1.25 bits per heavy atom. The Kier molecular flexibility index (Phi) is 4.61. The Morgan fingerprint density at radius 2 is 1.85 bits per heavy atom. The number of carboxylic acids is 1. The number of likely N-dealkylation sites (tertiary alicyclic amines) is 1. The Bertz CT molecular complexity index is 466. The number of ether oxygens (including phenoxy) is 1. The van der Waals surface area contributed by atoms with Crippen molar-refractivity contribution in [3.63, 3.8) is 0 Å². The smallest absolute Gasteiger partial charge is 0.306 e. The largest absolute Gasteiger partial charge is 0.481 e. The maximum absolute atomic E-state index is 12.2. The van der Waals surface area contributed by atoms with Gasteiger partial charge in [-0.3, -0.25) is 9.59 Å². The first-order chi connectivity index (χ1) is 9.58. The predicted octanol–water partition coefficient (Wildman–Crippen LogP) is 1.78. The third kappa shape index (κ3) is 3.50. The number of para-hydroxylation sites is 1. The first-order valence-corrected chi connectivity index (χ1v) is 6.81. The monoisotopic (exact) mass is 277 g/mol. The number of carbonyl (C=O) groups is 2. The molecule has 0 bridgehead atoms. The molecular weight excluding hydrogens is 258 g/mol. The van der Waals surface area contributed by atoms with Crippen LogP contribution in [-0.2, 0) is 9.59 Å². The van der Waals surface area contributed by atoms with Crippen molar-refractivity contribution in [1.29, 1.82) is 0 Å². The second-order valence-corrected chi connectivity index (χ2v) is 5.01. The lowest BCUT2D eigenvalue weighted by Crippen LogP contribution is -2.45. The van der Waals surface area contributed by atoms with Crippen LogP contribution < -0.4 is 4.74 Å². The first kappa shape index (κ1) is 14.4. The minimum Gasteiger partial charge on any atom is -0.481 e. The molecule has 1 aliphatic rings. The second kappa shape index (κ2) is 6.41. The molecule has 0 unspecified atom stereocenters. The van der Waals surface area contributed by atoms with Crippen LogP contribution in [0.15, 0.2) is 30.3 Å². The van der Waals surface area contributed by atoms with Gasteiger partial charge in [-0.15, -0.1) is 0 Å². The molecule has 0 spiro atoms. The van der Waals surface area contributed by atoms with Crippen LogP contribution in [0.2, 0.25) is 0 Å². The van der Waals surface area contributed by atoms with Gasteiger partial charge in [-0.05, 0) is 31.9 Å². The number of hydrogen-bond donors (Lipinski definition) is 1. The van der Waals surface area contributed by atoms with Gasteiger partial charge in [0.05, 0.1) is 5.92 Å². The third-order valence-electron chi connectivity index (χ3n) is 3.56. The topological polar surface area (TPSA) is 66.8 Å². The lowest BCUT2D eigenvalue weighted by Gasteiger charge is -2.31. The summed E-state index contributed by atoms with van der Waals surface area (Å²) in [5, 5.41) is 8.94. The Hall–Kier alpha value is -2.04. The molecular formula is C15H19NO4. The zero-order valence-electron chi connectivity index (χ0n) is 11.5. The molecule has 1 amide bonds. The zero-order chi connectivity index (χ0) is 14.5. The molecule has 1 aromatic carbocycles. The van der Waals surface area contributed by atoms with Crippen molar-refractivity contribution in [1.82, 2.24) is 4.90 Å². The number of aliphatic carboxylic acids is 1. The van der Waals surface area contributed by atoms with Crippen molar-refractivity contribution in [3.8, 4) is 5.75 Å². The molecule has 1 N–H and O–H groups in total. The SMILES string of the molecule is C[C@@H](Oc1ccccc1)C(=O)N1CCC(C(=O)O)CC1. The van der Waals surface area contributed by atoms with Gasteiger partial charge in [0.15, 0.2) is 6.10 Å². The maximum Gasteiger partial charge on any atom is 0.306 e. The minimum absolute atomic E-state index is 0.0855. The van der Waals surface area contributed by atoms with E-state index < -0.39 is 12.1 Å². The van der Waals surface area contributed by atoms with E-state index in [9.17, 15) is 9.59 Å². The highest BCUT2D eigenvalue weighted by molar-refractivity contribution is 5.81. The van der Waals surface area contributed by atoms with Crippen LogP contribution in [0.4, 0.5) is 0 Å². The number of nitrogens with zero attached hydrogens (tertiary/aromatic N) is 1. The van der Waals surface area contributed by atoms with Gasteiger partial charge in [-0.25, -0.2) is 0 Å². The fourth-order valence-corrected chi connectivity index (χ4v) is 2.36. The number of carboxylic acid groups (broad SMARTS) is 1. The second-order valence-electron chi connectivity index (χ2n) is 5.01. The van der Waals surface area contributed by atoms with E-state index in [1.165, 1.54) is 0 Å². The molecule has 1 aromatic rings. The normalized spacial score (nSPS) is 17.6. The summed E-state index contributed by atoms with van der Waals surface area (Å²) >= 11 is 0. The fourth-order valence-electron chi connectivity index (χ4n) is 2.36. The molecule has 1 aliphatic heterocycles. The van der Waals surface area contributed by atoms with Crippen molar-refractivity contribution in [3.05, 3.63) is 30.3 Å². The van der Waals surface area contributed by atoms with Crippen LogP contribution in [0.3, 0.4) is 0 Å². The van der Waals surface area contributed by atoms with Crippen LogP contribution in [0.5, 0.6) is 5.75 Å². The standard InChI is InChI=1S/C15H19NO4/c1-11(20-13-5-3-2-4-6-13)14(17)16-9-7-12(8-10-16)15(18)19/h2-6,11-12H,7-10H2,1H3,(H,18,19)/t11-/m1/s1. The molecule has 20 heavy (non-hydrogen) atoms. The molecule has 0 aromatic heterocycles. The maximum atomic E-state index is 12.2. The molecule has 5 heteroatoms. The Balaban J connectivity index is 1.87. The van der Waals surface area contributed by atoms with Crippen molar-refractivity contribution in [2.24, 2.45) is 5.92 Å². The van der Waals surface area contributed by atoms with Gasteiger partial charge in [-0.1, -0.05) is 18.2 Å². The predicted molar refractivity (Wildman–Crippen MR) is 73.5 cm³/mol.